The van der Waals surface area contributed by atoms with Crippen molar-refractivity contribution in [1.29, 1.82) is 0 Å². The Bertz CT molecular complexity index is 624. The Kier molecular flexibility index (Phi) is 4.27. The van der Waals surface area contributed by atoms with E-state index in [9.17, 15) is 4.79 Å². The second-order valence-corrected chi connectivity index (χ2v) is 5.45. The van der Waals surface area contributed by atoms with Gasteiger partial charge in [-0.15, -0.1) is 0 Å². The van der Waals surface area contributed by atoms with Gasteiger partial charge in [0.25, 0.3) is 5.91 Å². The lowest BCUT2D eigenvalue weighted by Gasteiger charge is -2.06. The number of amides is 1. The van der Waals surface area contributed by atoms with Crippen molar-refractivity contribution in [3.8, 4) is 0 Å². The van der Waals surface area contributed by atoms with E-state index in [1.54, 1.807) is 29.1 Å². The third-order valence-electron chi connectivity index (χ3n) is 2.96. The lowest BCUT2D eigenvalue weighted by atomic mass is 10.2. The SMILES string of the molecule is Cc1c(CNC(=O)c2ccc(Cl)c(Br)c2)cnn1C. The van der Waals surface area contributed by atoms with Crippen LogP contribution in [0.5, 0.6) is 0 Å². The van der Waals surface area contributed by atoms with Crippen LogP contribution >= 0.6 is 27.5 Å². The number of hydrogen-bond acceptors (Lipinski definition) is 2. The Hall–Kier alpha value is -1.33. The Morgan fingerprint density at radius 3 is 2.84 bits per heavy atom. The minimum Gasteiger partial charge on any atom is -0.348 e. The van der Waals surface area contributed by atoms with Crippen molar-refractivity contribution < 1.29 is 4.79 Å². The Balaban J connectivity index is 2.05. The first-order valence-corrected chi connectivity index (χ1v) is 6.87. The molecule has 0 radical (unpaired) electrons. The fourth-order valence-corrected chi connectivity index (χ4v) is 2.13. The van der Waals surface area contributed by atoms with E-state index in [4.69, 9.17) is 11.6 Å². The summed E-state index contributed by atoms with van der Waals surface area (Å²) in [6, 6.07) is 5.09. The molecule has 0 fully saturated rings. The lowest BCUT2D eigenvalue weighted by molar-refractivity contribution is 0.0951. The predicted molar refractivity (Wildman–Crippen MR) is 78.3 cm³/mol. The summed E-state index contributed by atoms with van der Waals surface area (Å²) in [5.74, 6) is -0.138. The molecule has 1 aromatic heterocycles. The smallest absolute Gasteiger partial charge is 0.251 e. The Labute approximate surface area is 124 Å². The molecule has 0 bridgehead atoms. The maximum Gasteiger partial charge on any atom is 0.251 e. The molecule has 0 unspecified atom stereocenters. The molecule has 100 valence electrons. The van der Waals surface area contributed by atoms with E-state index in [1.807, 2.05) is 14.0 Å². The summed E-state index contributed by atoms with van der Waals surface area (Å²) in [6.07, 6.45) is 1.76. The molecule has 0 atom stereocenters. The second kappa shape index (κ2) is 5.75. The molecule has 4 nitrogen and oxygen atoms in total. The summed E-state index contributed by atoms with van der Waals surface area (Å²) in [4.78, 5) is 12.0. The summed E-state index contributed by atoms with van der Waals surface area (Å²) in [7, 11) is 1.87. The fraction of sp³-hybridized carbons (Fsp3) is 0.231. The third kappa shape index (κ3) is 3.16. The quantitative estimate of drug-likeness (QED) is 0.932. The van der Waals surface area contributed by atoms with Gasteiger partial charge in [0, 0.05) is 34.9 Å². The molecule has 0 aliphatic rings. The van der Waals surface area contributed by atoms with Gasteiger partial charge in [-0.1, -0.05) is 11.6 Å². The van der Waals surface area contributed by atoms with Crippen LogP contribution in [0.25, 0.3) is 0 Å². The topological polar surface area (TPSA) is 46.9 Å². The first kappa shape index (κ1) is 14.1. The van der Waals surface area contributed by atoms with Gasteiger partial charge in [-0.3, -0.25) is 9.48 Å². The highest BCUT2D eigenvalue weighted by atomic mass is 79.9. The standard InChI is InChI=1S/C13H13BrClN3O/c1-8-10(7-17-18(8)2)6-16-13(19)9-3-4-12(15)11(14)5-9/h3-5,7H,6H2,1-2H3,(H,16,19). The van der Waals surface area contributed by atoms with Gasteiger partial charge in [-0.05, 0) is 41.1 Å². The summed E-state index contributed by atoms with van der Waals surface area (Å²) < 4.78 is 2.49. The van der Waals surface area contributed by atoms with Crippen molar-refractivity contribution in [2.24, 2.45) is 7.05 Å². The molecule has 1 N–H and O–H groups in total. The average Bonchev–Trinajstić information content (AvgIpc) is 2.70. The van der Waals surface area contributed by atoms with Crippen molar-refractivity contribution in [3.05, 3.63) is 50.7 Å². The molecule has 19 heavy (non-hydrogen) atoms. The minimum atomic E-state index is -0.138. The van der Waals surface area contributed by atoms with Crippen LogP contribution in [0.1, 0.15) is 21.6 Å². The van der Waals surface area contributed by atoms with Crippen LogP contribution in [0.4, 0.5) is 0 Å². The first-order chi connectivity index (χ1) is 8.99. The normalized spacial score (nSPS) is 10.5. The van der Waals surface area contributed by atoms with Gasteiger partial charge >= 0.3 is 0 Å². The molecule has 1 amide bonds. The molecule has 0 saturated carbocycles. The molecule has 0 aliphatic carbocycles. The summed E-state index contributed by atoms with van der Waals surface area (Å²) in [6.45, 7) is 2.42. The van der Waals surface area contributed by atoms with E-state index in [1.165, 1.54) is 0 Å². The number of aromatic nitrogens is 2. The van der Waals surface area contributed by atoms with E-state index < -0.39 is 0 Å². The molecule has 0 aliphatic heterocycles. The largest absolute Gasteiger partial charge is 0.348 e. The summed E-state index contributed by atoms with van der Waals surface area (Å²) in [5, 5.41) is 7.58. The molecule has 2 aromatic rings. The average molecular weight is 343 g/mol. The minimum absolute atomic E-state index is 0.138. The number of nitrogens with zero attached hydrogens (tertiary/aromatic N) is 2. The number of benzene rings is 1. The van der Waals surface area contributed by atoms with E-state index in [-0.39, 0.29) is 5.91 Å². The van der Waals surface area contributed by atoms with Crippen LogP contribution in [0, 0.1) is 6.92 Å². The number of carbonyl (C=O) groups is 1. The van der Waals surface area contributed by atoms with Gasteiger partial charge in [-0.2, -0.15) is 5.10 Å². The van der Waals surface area contributed by atoms with Crippen LogP contribution in [-0.4, -0.2) is 15.7 Å². The van der Waals surface area contributed by atoms with Crippen molar-refractivity contribution >= 4 is 33.4 Å². The van der Waals surface area contributed by atoms with Gasteiger partial charge in [0.05, 0.1) is 11.2 Å². The zero-order valence-corrected chi connectivity index (χ0v) is 12.9. The number of rotatable bonds is 3. The molecule has 2 rings (SSSR count). The van der Waals surface area contributed by atoms with Crippen molar-refractivity contribution in [3.63, 3.8) is 0 Å². The third-order valence-corrected chi connectivity index (χ3v) is 4.17. The molecule has 6 heteroatoms. The maximum absolute atomic E-state index is 12.0. The van der Waals surface area contributed by atoms with E-state index in [0.717, 1.165) is 11.3 Å². The molecular formula is C13H13BrClN3O. The number of carbonyl (C=O) groups excluding carboxylic acids is 1. The van der Waals surface area contributed by atoms with Crippen LogP contribution in [-0.2, 0) is 13.6 Å². The van der Waals surface area contributed by atoms with Crippen molar-refractivity contribution in [2.75, 3.05) is 0 Å². The van der Waals surface area contributed by atoms with Crippen LogP contribution < -0.4 is 5.32 Å². The molecular weight excluding hydrogens is 330 g/mol. The highest BCUT2D eigenvalue weighted by molar-refractivity contribution is 9.10. The van der Waals surface area contributed by atoms with Gasteiger partial charge in [0.2, 0.25) is 0 Å². The van der Waals surface area contributed by atoms with E-state index in [0.29, 0.717) is 21.6 Å². The number of hydrogen-bond donors (Lipinski definition) is 1. The Morgan fingerprint density at radius 1 is 1.53 bits per heavy atom. The number of aryl methyl sites for hydroxylation is 1. The lowest BCUT2D eigenvalue weighted by Crippen LogP contribution is -2.23. The molecule has 1 aromatic carbocycles. The van der Waals surface area contributed by atoms with Crippen LogP contribution in [0.2, 0.25) is 5.02 Å². The van der Waals surface area contributed by atoms with Gasteiger partial charge in [-0.25, -0.2) is 0 Å². The Morgan fingerprint density at radius 2 is 2.26 bits per heavy atom. The van der Waals surface area contributed by atoms with Crippen LogP contribution in [0.15, 0.2) is 28.9 Å². The predicted octanol–water partition coefficient (Wildman–Crippen LogP) is 3.07. The van der Waals surface area contributed by atoms with E-state index in [2.05, 4.69) is 26.3 Å². The number of nitrogens with one attached hydrogen (secondary N) is 1. The van der Waals surface area contributed by atoms with Crippen molar-refractivity contribution in [1.82, 2.24) is 15.1 Å². The molecule has 1 heterocycles. The van der Waals surface area contributed by atoms with Gasteiger partial charge in [0.1, 0.15) is 0 Å². The summed E-state index contributed by atoms with van der Waals surface area (Å²) in [5.41, 5.74) is 2.61. The molecule has 0 saturated heterocycles. The zero-order valence-electron chi connectivity index (χ0n) is 10.6. The van der Waals surface area contributed by atoms with E-state index >= 15 is 0 Å². The highest BCUT2D eigenvalue weighted by Crippen LogP contribution is 2.23. The van der Waals surface area contributed by atoms with Gasteiger partial charge < -0.3 is 5.32 Å². The van der Waals surface area contributed by atoms with Crippen LogP contribution in [0.3, 0.4) is 0 Å². The summed E-state index contributed by atoms with van der Waals surface area (Å²) >= 11 is 9.19. The maximum atomic E-state index is 12.0. The highest BCUT2D eigenvalue weighted by Gasteiger charge is 2.09. The molecule has 0 spiro atoms. The second-order valence-electron chi connectivity index (χ2n) is 4.19. The monoisotopic (exact) mass is 341 g/mol. The number of halogens is 2. The zero-order chi connectivity index (χ0) is 14.0. The van der Waals surface area contributed by atoms with Crippen molar-refractivity contribution in [2.45, 2.75) is 13.5 Å². The van der Waals surface area contributed by atoms with Gasteiger partial charge in [0.15, 0.2) is 0 Å². The first-order valence-electron chi connectivity index (χ1n) is 5.69. The fourth-order valence-electron chi connectivity index (χ4n) is 1.63.